The second-order valence-corrected chi connectivity index (χ2v) is 5.53. The van der Waals surface area contributed by atoms with Crippen LogP contribution >= 0.6 is 0 Å². The third-order valence-electron chi connectivity index (χ3n) is 4.38. The lowest BCUT2D eigenvalue weighted by Gasteiger charge is -2.24. The van der Waals surface area contributed by atoms with Gasteiger partial charge in [0.1, 0.15) is 11.8 Å². The number of rotatable bonds is 2. The molecule has 0 aromatic carbocycles. The molecule has 3 atom stereocenters. The largest absolute Gasteiger partial charge is 0.506 e. The fourth-order valence-electron chi connectivity index (χ4n) is 3.54. The summed E-state index contributed by atoms with van der Waals surface area (Å²) in [5.74, 6) is -1.06. The van der Waals surface area contributed by atoms with Gasteiger partial charge < -0.3 is 15.1 Å². The van der Waals surface area contributed by atoms with E-state index in [9.17, 15) is 19.8 Å². The lowest BCUT2D eigenvalue weighted by atomic mass is 9.94. The predicted octanol–water partition coefficient (Wildman–Crippen LogP) is 1.11. The van der Waals surface area contributed by atoms with E-state index in [1.165, 1.54) is 23.4 Å². The fourth-order valence-corrected chi connectivity index (χ4v) is 3.54. The molecule has 106 valence electrons. The molecule has 1 aromatic rings. The molecule has 0 radical (unpaired) electrons. The Labute approximate surface area is 116 Å². The Morgan fingerprint density at radius 2 is 2.10 bits per heavy atom. The first-order chi connectivity index (χ1) is 9.58. The summed E-state index contributed by atoms with van der Waals surface area (Å²) in [5.41, 5.74) is 0.233. The van der Waals surface area contributed by atoms with Gasteiger partial charge in [-0.25, -0.2) is 4.79 Å². The van der Waals surface area contributed by atoms with Crippen LogP contribution in [-0.2, 0) is 4.79 Å². The molecular formula is C14H16N2O4. The second kappa shape index (κ2) is 4.77. The minimum absolute atomic E-state index is 0.0571. The number of hydrogen-bond acceptors (Lipinski definition) is 4. The molecule has 3 rings (SSSR count). The van der Waals surface area contributed by atoms with Crippen molar-refractivity contribution in [1.29, 1.82) is 0 Å². The van der Waals surface area contributed by atoms with Crippen LogP contribution in [-0.4, -0.2) is 44.6 Å². The highest BCUT2D eigenvalue weighted by Gasteiger charge is 2.49. The Bertz CT molecular complexity index is 560. The number of carboxylic acids is 1. The van der Waals surface area contributed by atoms with Crippen molar-refractivity contribution in [3.05, 3.63) is 24.0 Å². The molecule has 3 unspecified atom stereocenters. The molecule has 1 saturated heterocycles. The van der Waals surface area contributed by atoms with Crippen LogP contribution in [0.25, 0.3) is 0 Å². The number of fused-ring (bicyclic) bond motifs is 1. The summed E-state index contributed by atoms with van der Waals surface area (Å²) in [6.45, 7) is 0.482. The van der Waals surface area contributed by atoms with E-state index >= 15 is 0 Å². The molecule has 1 aromatic heterocycles. The van der Waals surface area contributed by atoms with Gasteiger partial charge in [0, 0.05) is 12.7 Å². The predicted molar refractivity (Wildman–Crippen MR) is 69.2 cm³/mol. The molecule has 2 aliphatic rings. The van der Waals surface area contributed by atoms with E-state index in [1.807, 2.05) is 0 Å². The lowest BCUT2D eigenvalue weighted by molar-refractivity contribution is -0.142. The van der Waals surface area contributed by atoms with E-state index < -0.39 is 12.0 Å². The van der Waals surface area contributed by atoms with Crippen molar-refractivity contribution in [2.75, 3.05) is 6.54 Å². The smallest absolute Gasteiger partial charge is 0.326 e. The normalized spacial score (nSPS) is 28.4. The van der Waals surface area contributed by atoms with Gasteiger partial charge in [-0.15, -0.1) is 0 Å². The highest BCUT2D eigenvalue weighted by atomic mass is 16.4. The topological polar surface area (TPSA) is 90.7 Å². The molecule has 2 N–H and O–H groups in total. The Morgan fingerprint density at radius 3 is 2.80 bits per heavy atom. The van der Waals surface area contributed by atoms with E-state index in [2.05, 4.69) is 4.98 Å². The lowest BCUT2D eigenvalue weighted by Crippen LogP contribution is -2.43. The van der Waals surface area contributed by atoms with Crippen LogP contribution in [0.4, 0.5) is 0 Å². The highest BCUT2D eigenvalue weighted by Crippen LogP contribution is 2.42. The number of carbonyl (C=O) groups excluding carboxylic acids is 1. The quantitative estimate of drug-likeness (QED) is 0.844. The van der Waals surface area contributed by atoms with Gasteiger partial charge in [0.25, 0.3) is 5.91 Å². The fraction of sp³-hybridized carbons (Fsp3) is 0.500. The molecule has 6 heteroatoms. The Balaban J connectivity index is 1.89. The Kier molecular flexibility index (Phi) is 3.08. The van der Waals surface area contributed by atoms with Gasteiger partial charge in [-0.1, -0.05) is 6.42 Å². The molecule has 1 saturated carbocycles. The monoisotopic (exact) mass is 276 g/mol. The van der Waals surface area contributed by atoms with E-state index in [0.717, 1.165) is 19.3 Å². The van der Waals surface area contributed by atoms with Crippen LogP contribution in [0, 0.1) is 11.8 Å². The molecule has 0 spiro atoms. The zero-order valence-electron chi connectivity index (χ0n) is 10.9. The van der Waals surface area contributed by atoms with Gasteiger partial charge in [0.2, 0.25) is 0 Å². The van der Waals surface area contributed by atoms with Crippen molar-refractivity contribution in [2.24, 2.45) is 11.8 Å². The van der Waals surface area contributed by atoms with E-state index in [-0.39, 0.29) is 29.1 Å². The maximum absolute atomic E-state index is 12.5. The molecule has 1 amide bonds. The van der Waals surface area contributed by atoms with Crippen molar-refractivity contribution >= 4 is 11.9 Å². The SMILES string of the molecule is O=C(O)C1C2CCCC2CN1C(=O)c1cncc(O)c1. The van der Waals surface area contributed by atoms with Crippen LogP contribution in [0.2, 0.25) is 0 Å². The van der Waals surface area contributed by atoms with Gasteiger partial charge in [-0.3, -0.25) is 9.78 Å². The first-order valence-electron chi connectivity index (χ1n) is 6.75. The average molecular weight is 276 g/mol. The summed E-state index contributed by atoms with van der Waals surface area (Å²) in [7, 11) is 0. The summed E-state index contributed by atoms with van der Waals surface area (Å²) in [5, 5.41) is 18.8. The van der Waals surface area contributed by atoms with Crippen molar-refractivity contribution in [2.45, 2.75) is 25.3 Å². The van der Waals surface area contributed by atoms with Crippen LogP contribution in [0.15, 0.2) is 18.5 Å². The number of likely N-dealkylation sites (tertiary alicyclic amines) is 1. The molecular weight excluding hydrogens is 260 g/mol. The first kappa shape index (κ1) is 12.9. The highest BCUT2D eigenvalue weighted by molar-refractivity contribution is 5.97. The van der Waals surface area contributed by atoms with Crippen LogP contribution < -0.4 is 0 Å². The molecule has 20 heavy (non-hydrogen) atoms. The van der Waals surface area contributed by atoms with E-state index in [0.29, 0.717) is 6.54 Å². The standard InChI is InChI=1S/C14H16N2O4/c17-10-4-9(5-15-6-10)13(18)16-7-8-2-1-3-11(8)12(16)14(19)20/h4-6,8,11-12,17H,1-3,7H2,(H,19,20). The van der Waals surface area contributed by atoms with Gasteiger partial charge >= 0.3 is 5.97 Å². The minimum Gasteiger partial charge on any atom is -0.506 e. The maximum atomic E-state index is 12.5. The third kappa shape index (κ3) is 2.01. The molecule has 2 fully saturated rings. The number of aromatic nitrogens is 1. The summed E-state index contributed by atoms with van der Waals surface area (Å²) in [4.78, 5) is 29.2. The van der Waals surface area contributed by atoms with Crippen LogP contribution in [0.1, 0.15) is 29.6 Å². The summed E-state index contributed by atoms with van der Waals surface area (Å²) >= 11 is 0. The average Bonchev–Trinajstić information content (AvgIpc) is 2.96. The van der Waals surface area contributed by atoms with Gasteiger partial charge in [-0.05, 0) is 30.7 Å². The van der Waals surface area contributed by atoms with Crippen LogP contribution in [0.3, 0.4) is 0 Å². The Morgan fingerprint density at radius 1 is 1.30 bits per heavy atom. The summed E-state index contributed by atoms with van der Waals surface area (Å²) in [6, 6.07) is 0.569. The van der Waals surface area contributed by atoms with Crippen molar-refractivity contribution < 1.29 is 19.8 Å². The Hall–Kier alpha value is -2.11. The van der Waals surface area contributed by atoms with Crippen molar-refractivity contribution in [1.82, 2.24) is 9.88 Å². The number of carbonyl (C=O) groups is 2. The number of carboxylic acid groups (broad SMARTS) is 1. The zero-order valence-corrected chi connectivity index (χ0v) is 10.9. The van der Waals surface area contributed by atoms with Crippen molar-refractivity contribution in [3.8, 4) is 5.75 Å². The molecule has 2 heterocycles. The number of hydrogen-bond donors (Lipinski definition) is 2. The number of nitrogens with zero attached hydrogens (tertiary/aromatic N) is 2. The van der Waals surface area contributed by atoms with Gasteiger partial charge in [0.15, 0.2) is 0 Å². The molecule has 1 aliphatic carbocycles. The van der Waals surface area contributed by atoms with Crippen LogP contribution in [0.5, 0.6) is 5.75 Å². The second-order valence-electron chi connectivity index (χ2n) is 5.53. The minimum atomic E-state index is -0.944. The number of amides is 1. The number of pyridine rings is 1. The molecule has 6 nitrogen and oxygen atoms in total. The number of aliphatic carboxylic acids is 1. The zero-order chi connectivity index (χ0) is 14.3. The first-order valence-corrected chi connectivity index (χ1v) is 6.75. The molecule has 0 bridgehead atoms. The maximum Gasteiger partial charge on any atom is 0.326 e. The van der Waals surface area contributed by atoms with Gasteiger partial charge in [0.05, 0.1) is 11.8 Å². The van der Waals surface area contributed by atoms with Crippen molar-refractivity contribution in [3.63, 3.8) is 0 Å². The number of aromatic hydroxyl groups is 1. The van der Waals surface area contributed by atoms with E-state index in [1.54, 1.807) is 0 Å². The van der Waals surface area contributed by atoms with E-state index in [4.69, 9.17) is 0 Å². The van der Waals surface area contributed by atoms with Gasteiger partial charge in [-0.2, -0.15) is 0 Å². The molecule has 1 aliphatic heterocycles. The third-order valence-corrected chi connectivity index (χ3v) is 4.38. The summed E-state index contributed by atoms with van der Waals surface area (Å²) < 4.78 is 0. The summed E-state index contributed by atoms with van der Waals surface area (Å²) in [6.07, 6.45) is 5.48.